The fraction of sp³-hybridized carbons (Fsp3) is 0.556. The lowest BCUT2D eigenvalue weighted by molar-refractivity contribution is -0.0337. The third-order valence-electron chi connectivity index (χ3n) is 4.97. The van der Waals surface area contributed by atoms with Gasteiger partial charge in [0.2, 0.25) is 0 Å². The molecule has 2 unspecified atom stereocenters. The second kappa shape index (κ2) is 8.20. The molecule has 7 heteroatoms. The van der Waals surface area contributed by atoms with Gasteiger partial charge in [0, 0.05) is 18.2 Å². The third kappa shape index (κ3) is 4.22. The minimum absolute atomic E-state index is 0.0431. The third-order valence-corrected chi connectivity index (χ3v) is 4.97. The van der Waals surface area contributed by atoms with Gasteiger partial charge in [0.25, 0.3) is 5.91 Å². The number of amides is 1. The van der Waals surface area contributed by atoms with Crippen LogP contribution in [0.15, 0.2) is 30.6 Å². The molecule has 3 rings (SSSR count). The number of rotatable bonds is 6. The molecule has 0 bridgehead atoms. The Labute approximate surface area is 147 Å². The van der Waals surface area contributed by atoms with Crippen molar-refractivity contribution in [2.75, 3.05) is 6.61 Å². The number of nitrogens with zero attached hydrogens (tertiary/aromatic N) is 4. The summed E-state index contributed by atoms with van der Waals surface area (Å²) in [4.78, 5) is 12.5. The molecule has 1 fully saturated rings. The summed E-state index contributed by atoms with van der Waals surface area (Å²) in [5, 5.41) is 14.2. The van der Waals surface area contributed by atoms with Crippen LogP contribution in [0.25, 0.3) is 5.69 Å². The van der Waals surface area contributed by atoms with Gasteiger partial charge in [-0.05, 0) is 53.5 Å². The fourth-order valence-electron chi connectivity index (χ4n) is 3.42. The van der Waals surface area contributed by atoms with Crippen LogP contribution in [0.5, 0.6) is 0 Å². The molecule has 1 aromatic heterocycles. The number of carbonyl (C=O) groups is 1. The smallest absolute Gasteiger partial charge is 0.251 e. The zero-order valence-corrected chi connectivity index (χ0v) is 14.8. The van der Waals surface area contributed by atoms with Gasteiger partial charge >= 0.3 is 0 Å². The minimum atomic E-state index is -0.0431. The predicted octanol–water partition coefficient (Wildman–Crippen LogP) is 2.38. The molecule has 0 aliphatic carbocycles. The summed E-state index contributed by atoms with van der Waals surface area (Å²) in [5.74, 6) is 0.522. The van der Waals surface area contributed by atoms with E-state index in [0.717, 1.165) is 31.4 Å². The van der Waals surface area contributed by atoms with Crippen LogP contribution < -0.4 is 5.32 Å². The number of nitrogens with one attached hydrogen (secondary N) is 1. The summed E-state index contributed by atoms with van der Waals surface area (Å²) in [6, 6.07) is 7.43. The molecule has 134 valence electrons. The van der Waals surface area contributed by atoms with Crippen molar-refractivity contribution in [1.29, 1.82) is 0 Å². The van der Waals surface area contributed by atoms with Crippen molar-refractivity contribution >= 4 is 5.91 Å². The average molecular weight is 343 g/mol. The Morgan fingerprint density at radius 1 is 1.32 bits per heavy atom. The van der Waals surface area contributed by atoms with E-state index in [1.54, 1.807) is 16.8 Å². The van der Waals surface area contributed by atoms with Crippen LogP contribution in [-0.4, -0.2) is 44.9 Å². The van der Waals surface area contributed by atoms with Gasteiger partial charge < -0.3 is 10.1 Å². The van der Waals surface area contributed by atoms with Crippen LogP contribution in [0, 0.1) is 5.92 Å². The number of aromatic nitrogens is 4. The molecule has 2 aromatic rings. The first kappa shape index (κ1) is 17.5. The molecule has 1 aliphatic heterocycles. The molecule has 2 heterocycles. The molecule has 1 amide bonds. The molecule has 1 aromatic carbocycles. The van der Waals surface area contributed by atoms with Gasteiger partial charge in [-0.3, -0.25) is 4.79 Å². The van der Waals surface area contributed by atoms with E-state index >= 15 is 0 Å². The van der Waals surface area contributed by atoms with Crippen LogP contribution in [0.4, 0.5) is 0 Å². The number of carbonyl (C=O) groups excluding carboxylic acids is 1. The highest BCUT2D eigenvalue weighted by Gasteiger charge is 2.28. The molecule has 0 saturated carbocycles. The van der Waals surface area contributed by atoms with Crippen molar-refractivity contribution in [1.82, 2.24) is 25.5 Å². The standard InChI is InChI=1S/C18H25N5O2/c1-3-13(4-2)17-11-15(9-10-25-17)20-18(24)14-5-7-16(8-6-14)23-12-19-21-22-23/h5-8,12-13,15,17H,3-4,9-11H2,1-2H3,(H,20,24). The number of benzene rings is 1. The minimum Gasteiger partial charge on any atom is -0.378 e. The topological polar surface area (TPSA) is 81.9 Å². The number of hydrogen-bond donors (Lipinski definition) is 1. The van der Waals surface area contributed by atoms with E-state index in [0.29, 0.717) is 18.1 Å². The molecular weight excluding hydrogens is 318 g/mol. The largest absolute Gasteiger partial charge is 0.378 e. The van der Waals surface area contributed by atoms with Crippen molar-refractivity contribution in [3.05, 3.63) is 36.2 Å². The maximum absolute atomic E-state index is 12.5. The summed E-state index contributed by atoms with van der Waals surface area (Å²) >= 11 is 0. The van der Waals surface area contributed by atoms with Gasteiger partial charge in [0.15, 0.2) is 0 Å². The second-order valence-electron chi connectivity index (χ2n) is 6.48. The van der Waals surface area contributed by atoms with E-state index in [2.05, 4.69) is 34.7 Å². The van der Waals surface area contributed by atoms with Gasteiger partial charge in [0.1, 0.15) is 6.33 Å². The molecule has 1 N–H and O–H groups in total. The first-order valence-electron chi connectivity index (χ1n) is 8.97. The fourth-order valence-corrected chi connectivity index (χ4v) is 3.42. The Morgan fingerprint density at radius 2 is 2.08 bits per heavy atom. The lowest BCUT2D eigenvalue weighted by Gasteiger charge is -2.34. The van der Waals surface area contributed by atoms with Crippen LogP contribution in [-0.2, 0) is 4.74 Å². The second-order valence-corrected chi connectivity index (χ2v) is 6.48. The van der Waals surface area contributed by atoms with Gasteiger partial charge in [-0.25, -0.2) is 4.68 Å². The lowest BCUT2D eigenvalue weighted by atomic mass is 9.89. The van der Waals surface area contributed by atoms with Gasteiger partial charge in [-0.15, -0.1) is 5.10 Å². The van der Waals surface area contributed by atoms with Crippen molar-refractivity contribution in [2.45, 2.75) is 51.7 Å². The number of ether oxygens (including phenoxy) is 1. The van der Waals surface area contributed by atoms with Gasteiger partial charge in [-0.1, -0.05) is 26.7 Å². The summed E-state index contributed by atoms with van der Waals surface area (Å²) in [6.45, 7) is 5.11. The first-order chi connectivity index (χ1) is 12.2. The zero-order chi connectivity index (χ0) is 17.6. The molecule has 7 nitrogen and oxygen atoms in total. The van der Waals surface area contributed by atoms with E-state index in [4.69, 9.17) is 4.74 Å². The molecule has 25 heavy (non-hydrogen) atoms. The highest BCUT2D eigenvalue weighted by Crippen LogP contribution is 2.25. The Morgan fingerprint density at radius 3 is 2.72 bits per heavy atom. The van der Waals surface area contributed by atoms with Crippen molar-refractivity contribution < 1.29 is 9.53 Å². The van der Waals surface area contributed by atoms with E-state index in [9.17, 15) is 4.79 Å². The zero-order valence-electron chi connectivity index (χ0n) is 14.8. The normalized spacial score (nSPS) is 20.6. The first-order valence-corrected chi connectivity index (χ1v) is 8.97. The molecule has 0 spiro atoms. The quantitative estimate of drug-likeness (QED) is 0.871. The van der Waals surface area contributed by atoms with Crippen LogP contribution in [0.1, 0.15) is 49.9 Å². The molecule has 0 radical (unpaired) electrons. The van der Waals surface area contributed by atoms with Crippen LogP contribution in [0.2, 0.25) is 0 Å². The number of tetrazole rings is 1. The predicted molar refractivity (Wildman–Crippen MR) is 93.5 cm³/mol. The highest BCUT2D eigenvalue weighted by molar-refractivity contribution is 5.94. The van der Waals surface area contributed by atoms with Crippen molar-refractivity contribution in [3.63, 3.8) is 0 Å². The van der Waals surface area contributed by atoms with E-state index in [1.807, 2.05) is 12.1 Å². The van der Waals surface area contributed by atoms with Crippen LogP contribution >= 0.6 is 0 Å². The Kier molecular flexibility index (Phi) is 5.75. The maximum Gasteiger partial charge on any atom is 0.251 e. The molecule has 2 atom stereocenters. The molecular formula is C18H25N5O2. The molecule has 1 saturated heterocycles. The SMILES string of the molecule is CCC(CC)C1CC(NC(=O)c2ccc(-n3cnnn3)cc2)CCO1. The maximum atomic E-state index is 12.5. The highest BCUT2D eigenvalue weighted by atomic mass is 16.5. The van der Waals surface area contributed by atoms with Gasteiger partial charge in [0.05, 0.1) is 11.8 Å². The van der Waals surface area contributed by atoms with E-state index in [-0.39, 0.29) is 18.1 Å². The number of hydrogen-bond acceptors (Lipinski definition) is 5. The summed E-state index contributed by atoms with van der Waals surface area (Å²) in [6.07, 6.45) is 5.75. The Hall–Kier alpha value is -2.28. The summed E-state index contributed by atoms with van der Waals surface area (Å²) in [7, 11) is 0. The Balaban J connectivity index is 1.60. The van der Waals surface area contributed by atoms with Crippen molar-refractivity contribution in [3.8, 4) is 5.69 Å². The van der Waals surface area contributed by atoms with Crippen molar-refractivity contribution in [2.24, 2.45) is 5.92 Å². The summed E-state index contributed by atoms with van der Waals surface area (Å²) in [5.41, 5.74) is 1.46. The van der Waals surface area contributed by atoms with Gasteiger partial charge in [-0.2, -0.15) is 0 Å². The monoisotopic (exact) mass is 343 g/mol. The lowest BCUT2D eigenvalue weighted by Crippen LogP contribution is -2.44. The summed E-state index contributed by atoms with van der Waals surface area (Å²) < 4.78 is 7.48. The van der Waals surface area contributed by atoms with E-state index < -0.39 is 0 Å². The average Bonchev–Trinajstić information content (AvgIpc) is 3.18. The Bertz CT molecular complexity index is 667. The van der Waals surface area contributed by atoms with Crippen LogP contribution in [0.3, 0.4) is 0 Å². The molecule has 1 aliphatic rings. The van der Waals surface area contributed by atoms with E-state index in [1.165, 1.54) is 6.33 Å².